The van der Waals surface area contributed by atoms with Crippen LogP contribution in [0.15, 0.2) is 36.5 Å². The number of hydrogen-bond acceptors (Lipinski definition) is 4. The quantitative estimate of drug-likeness (QED) is 0.771. The second-order valence-electron chi connectivity index (χ2n) is 6.70. The van der Waals surface area contributed by atoms with Crippen molar-refractivity contribution in [2.24, 2.45) is 11.7 Å². The first kappa shape index (κ1) is 19.0. The minimum absolute atomic E-state index is 0.192. The van der Waals surface area contributed by atoms with Gasteiger partial charge in [-0.15, -0.1) is 0 Å². The predicted molar refractivity (Wildman–Crippen MR) is 99.1 cm³/mol. The van der Waals surface area contributed by atoms with Crippen LogP contribution in [0.5, 0.6) is 5.75 Å². The molecule has 0 aliphatic heterocycles. The van der Waals surface area contributed by atoms with Crippen molar-refractivity contribution in [2.75, 3.05) is 13.2 Å². The zero-order valence-electron chi connectivity index (χ0n) is 15.5. The molecule has 0 aliphatic carbocycles. The summed E-state index contributed by atoms with van der Waals surface area (Å²) in [6.45, 7) is 8.90. The fourth-order valence-corrected chi connectivity index (χ4v) is 2.30. The highest BCUT2D eigenvalue weighted by Gasteiger charge is 2.31. The van der Waals surface area contributed by atoms with Crippen molar-refractivity contribution < 1.29 is 9.53 Å². The van der Waals surface area contributed by atoms with Gasteiger partial charge in [-0.1, -0.05) is 39.0 Å². The summed E-state index contributed by atoms with van der Waals surface area (Å²) in [5.41, 5.74) is 6.52. The lowest BCUT2D eigenvalue weighted by molar-refractivity contribution is 0.0873. The molecule has 136 valence electrons. The number of benzene rings is 1. The molecule has 0 spiro atoms. The molecule has 2 rings (SSSR count). The van der Waals surface area contributed by atoms with Gasteiger partial charge in [0.25, 0.3) is 5.91 Å². The number of carbonyl (C=O) groups excluding carboxylic acids is 1. The van der Waals surface area contributed by atoms with Crippen molar-refractivity contribution in [3.05, 3.63) is 42.2 Å². The Bertz CT molecular complexity index is 697. The third kappa shape index (κ3) is 4.39. The van der Waals surface area contributed by atoms with Crippen LogP contribution in [0.2, 0.25) is 0 Å². The average Bonchev–Trinajstić information content (AvgIpc) is 3.04. The normalized spacial score (nSPS) is 13.5. The van der Waals surface area contributed by atoms with Crippen LogP contribution in [-0.2, 0) is 0 Å². The molecule has 2 aromatic rings. The summed E-state index contributed by atoms with van der Waals surface area (Å²) in [7, 11) is 0. The van der Waals surface area contributed by atoms with Crippen LogP contribution in [-0.4, -0.2) is 34.4 Å². The molecule has 0 saturated carbocycles. The Kier molecular flexibility index (Phi) is 6.20. The van der Waals surface area contributed by atoms with E-state index in [2.05, 4.69) is 10.4 Å². The van der Waals surface area contributed by atoms with Crippen LogP contribution < -0.4 is 15.8 Å². The second-order valence-corrected chi connectivity index (χ2v) is 6.70. The van der Waals surface area contributed by atoms with Gasteiger partial charge in [-0.25, -0.2) is 4.68 Å². The molecular formula is C19H28N4O2. The topological polar surface area (TPSA) is 82.2 Å². The van der Waals surface area contributed by atoms with E-state index in [9.17, 15) is 4.79 Å². The van der Waals surface area contributed by atoms with Crippen molar-refractivity contribution in [3.8, 4) is 11.4 Å². The molecular weight excluding hydrogens is 316 g/mol. The van der Waals surface area contributed by atoms with Gasteiger partial charge in [0.1, 0.15) is 0 Å². The molecule has 25 heavy (non-hydrogen) atoms. The Morgan fingerprint density at radius 3 is 2.60 bits per heavy atom. The van der Waals surface area contributed by atoms with E-state index < -0.39 is 5.54 Å². The van der Waals surface area contributed by atoms with E-state index in [1.165, 1.54) is 0 Å². The first-order valence-corrected chi connectivity index (χ1v) is 8.71. The molecule has 1 aromatic heterocycles. The number of aromatic nitrogens is 2. The SMILES string of the molecule is CCCOc1cn(-c2ccccc2)nc1C(=O)NC(C)(CN)C(C)C. The van der Waals surface area contributed by atoms with Gasteiger partial charge < -0.3 is 15.8 Å². The molecule has 6 heteroatoms. The smallest absolute Gasteiger partial charge is 0.276 e. The second kappa shape index (κ2) is 8.16. The number of rotatable bonds is 8. The van der Waals surface area contributed by atoms with Crippen LogP contribution >= 0.6 is 0 Å². The maximum atomic E-state index is 12.8. The Morgan fingerprint density at radius 1 is 1.36 bits per heavy atom. The Balaban J connectivity index is 2.34. The third-order valence-electron chi connectivity index (χ3n) is 4.48. The number of ether oxygens (including phenoxy) is 1. The van der Waals surface area contributed by atoms with E-state index in [-0.39, 0.29) is 17.5 Å². The third-order valence-corrected chi connectivity index (χ3v) is 4.48. The first-order chi connectivity index (χ1) is 11.9. The van der Waals surface area contributed by atoms with Gasteiger partial charge in [0.05, 0.1) is 24.0 Å². The van der Waals surface area contributed by atoms with Gasteiger partial charge in [0.15, 0.2) is 11.4 Å². The van der Waals surface area contributed by atoms with Gasteiger partial charge in [-0.05, 0) is 31.4 Å². The zero-order chi connectivity index (χ0) is 18.4. The average molecular weight is 344 g/mol. The summed E-state index contributed by atoms with van der Waals surface area (Å²) in [6.07, 6.45) is 2.60. The number of nitrogens with two attached hydrogens (primary N) is 1. The van der Waals surface area contributed by atoms with Gasteiger partial charge >= 0.3 is 0 Å². The highest BCUT2D eigenvalue weighted by atomic mass is 16.5. The fraction of sp³-hybridized carbons (Fsp3) is 0.474. The van der Waals surface area contributed by atoms with E-state index in [1.54, 1.807) is 10.9 Å². The molecule has 1 amide bonds. The summed E-state index contributed by atoms with van der Waals surface area (Å²) in [5, 5.41) is 7.47. The first-order valence-electron chi connectivity index (χ1n) is 8.71. The number of nitrogens with zero attached hydrogens (tertiary/aromatic N) is 2. The van der Waals surface area contributed by atoms with Crippen molar-refractivity contribution in [1.82, 2.24) is 15.1 Å². The number of carbonyl (C=O) groups is 1. The molecule has 0 aliphatic rings. The van der Waals surface area contributed by atoms with Crippen molar-refractivity contribution in [2.45, 2.75) is 39.7 Å². The lowest BCUT2D eigenvalue weighted by atomic mass is 9.88. The molecule has 0 fully saturated rings. The Labute approximate surface area is 149 Å². The number of amides is 1. The van der Waals surface area contributed by atoms with Crippen LogP contribution in [0.1, 0.15) is 44.6 Å². The molecule has 6 nitrogen and oxygen atoms in total. The lowest BCUT2D eigenvalue weighted by Gasteiger charge is -2.33. The van der Waals surface area contributed by atoms with Crippen molar-refractivity contribution >= 4 is 5.91 Å². The minimum Gasteiger partial charge on any atom is -0.489 e. The molecule has 0 radical (unpaired) electrons. The Hall–Kier alpha value is -2.34. The summed E-state index contributed by atoms with van der Waals surface area (Å²) >= 11 is 0. The van der Waals surface area contributed by atoms with E-state index in [1.807, 2.05) is 58.0 Å². The van der Waals surface area contributed by atoms with E-state index in [0.717, 1.165) is 12.1 Å². The number of hydrogen-bond donors (Lipinski definition) is 2. The molecule has 3 N–H and O–H groups in total. The standard InChI is InChI=1S/C19H28N4O2/c1-5-11-25-16-12-23(15-9-7-6-8-10-15)22-17(16)18(24)21-19(4,13-20)14(2)3/h6-10,12,14H,5,11,13,20H2,1-4H3,(H,21,24). The van der Waals surface area contributed by atoms with Crippen molar-refractivity contribution in [3.63, 3.8) is 0 Å². The molecule has 1 unspecified atom stereocenters. The highest BCUT2D eigenvalue weighted by molar-refractivity contribution is 5.95. The molecule has 0 bridgehead atoms. The summed E-state index contributed by atoms with van der Waals surface area (Å²) in [4.78, 5) is 12.8. The van der Waals surface area contributed by atoms with Crippen molar-refractivity contribution in [1.29, 1.82) is 0 Å². The number of para-hydroxylation sites is 1. The largest absolute Gasteiger partial charge is 0.489 e. The van der Waals surface area contributed by atoms with Crippen LogP contribution in [0.3, 0.4) is 0 Å². The van der Waals surface area contributed by atoms with E-state index in [4.69, 9.17) is 10.5 Å². The van der Waals surface area contributed by atoms with Gasteiger partial charge in [0.2, 0.25) is 0 Å². The monoisotopic (exact) mass is 344 g/mol. The van der Waals surface area contributed by atoms with Gasteiger partial charge in [0, 0.05) is 6.54 Å². The fourth-order valence-electron chi connectivity index (χ4n) is 2.30. The van der Waals surface area contributed by atoms with Crippen LogP contribution in [0.25, 0.3) is 5.69 Å². The predicted octanol–water partition coefficient (Wildman–Crippen LogP) is 2.76. The molecule has 1 aromatic carbocycles. The maximum Gasteiger partial charge on any atom is 0.276 e. The summed E-state index contributed by atoms with van der Waals surface area (Å²) in [6, 6.07) is 9.64. The molecule has 1 heterocycles. The molecule has 0 saturated heterocycles. The van der Waals surface area contributed by atoms with E-state index in [0.29, 0.717) is 18.9 Å². The summed E-state index contributed by atoms with van der Waals surface area (Å²) in [5.74, 6) is 0.395. The van der Waals surface area contributed by atoms with Gasteiger partial charge in [-0.2, -0.15) is 5.10 Å². The van der Waals surface area contributed by atoms with Gasteiger partial charge in [-0.3, -0.25) is 4.79 Å². The Morgan fingerprint density at radius 2 is 2.04 bits per heavy atom. The van der Waals surface area contributed by atoms with Crippen LogP contribution in [0.4, 0.5) is 0 Å². The lowest BCUT2D eigenvalue weighted by Crippen LogP contribution is -2.55. The van der Waals surface area contributed by atoms with Crippen LogP contribution in [0, 0.1) is 5.92 Å². The zero-order valence-corrected chi connectivity index (χ0v) is 15.5. The maximum absolute atomic E-state index is 12.8. The number of nitrogens with one attached hydrogen (secondary N) is 1. The van der Waals surface area contributed by atoms with E-state index >= 15 is 0 Å². The summed E-state index contributed by atoms with van der Waals surface area (Å²) < 4.78 is 7.40. The molecule has 1 atom stereocenters. The minimum atomic E-state index is -0.504. The highest BCUT2D eigenvalue weighted by Crippen LogP contribution is 2.22.